The first-order valence-corrected chi connectivity index (χ1v) is 15.0. The maximum atomic E-state index is 14.2. The number of aliphatic imine (C=N–C) groups is 1. The first-order valence-electron chi connectivity index (χ1n) is 13.8. The van der Waals surface area contributed by atoms with E-state index in [2.05, 4.69) is 10.2 Å². The second-order valence-corrected chi connectivity index (χ2v) is 12.0. The first-order chi connectivity index (χ1) is 19.8. The molecule has 1 aliphatic heterocycles. The maximum Gasteiger partial charge on any atom is 0.295 e. The van der Waals surface area contributed by atoms with Crippen molar-refractivity contribution in [3.63, 3.8) is 0 Å². The van der Waals surface area contributed by atoms with Gasteiger partial charge >= 0.3 is 0 Å². The number of hydrogen-bond donors (Lipinski definition) is 1. The molecule has 1 saturated heterocycles. The van der Waals surface area contributed by atoms with Gasteiger partial charge in [-0.15, -0.1) is 0 Å². The van der Waals surface area contributed by atoms with Crippen LogP contribution in [0.5, 0.6) is 0 Å². The van der Waals surface area contributed by atoms with Crippen molar-refractivity contribution in [2.75, 3.05) is 4.90 Å². The Hall–Kier alpha value is -3.39. The highest BCUT2D eigenvalue weighted by atomic mass is 35.5. The van der Waals surface area contributed by atoms with Gasteiger partial charge in [-0.05, 0) is 79.5 Å². The van der Waals surface area contributed by atoms with Crippen molar-refractivity contribution >= 4 is 52.1 Å². The molecule has 1 aliphatic carbocycles. The Labute approximate surface area is 255 Å². The summed E-state index contributed by atoms with van der Waals surface area (Å²) < 4.78 is 3.62. The van der Waals surface area contributed by atoms with Gasteiger partial charge in [-0.25, -0.2) is 4.68 Å². The lowest BCUT2D eigenvalue weighted by atomic mass is 9.79. The molecule has 4 aromatic rings. The van der Waals surface area contributed by atoms with Crippen molar-refractivity contribution in [2.45, 2.75) is 50.6 Å². The molecule has 0 radical (unpaired) electrons. The average molecular weight is 605 g/mol. The number of halogens is 2. The minimum atomic E-state index is -0.557. The van der Waals surface area contributed by atoms with Crippen molar-refractivity contribution in [1.82, 2.24) is 14.7 Å². The number of anilines is 1. The molecule has 41 heavy (non-hydrogen) atoms. The number of thiocarbonyl (C=S) groups is 1. The number of hydrogen-bond acceptors (Lipinski definition) is 3. The van der Waals surface area contributed by atoms with Crippen molar-refractivity contribution in [3.05, 3.63) is 116 Å². The van der Waals surface area contributed by atoms with E-state index in [9.17, 15) is 4.79 Å². The lowest BCUT2D eigenvalue weighted by molar-refractivity contribution is 0.384. The van der Waals surface area contributed by atoms with Gasteiger partial charge in [0.2, 0.25) is 0 Å². The normalized spacial score (nSPS) is 18.2. The smallest absolute Gasteiger partial charge is 0.295 e. The van der Waals surface area contributed by atoms with Gasteiger partial charge in [0.1, 0.15) is 23.1 Å². The third kappa shape index (κ3) is 4.90. The van der Waals surface area contributed by atoms with Gasteiger partial charge < -0.3 is 5.32 Å². The third-order valence-electron chi connectivity index (χ3n) is 8.33. The van der Waals surface area contributed by atoms with Gasteiger partial charge in [-0.1, -0.05) is 84.9 Å². The molecular formula is C32H31Cl2N5OS. The maximum absolute atomic E-state index is 14.2. The predicted molar refractivity (Wildman–Crippen MR) is 172 cm³/mol. The van der Waals surface area contributed by atoms with E-state index < -0.39 is 5.54 Å². The fourth-order valence-electron chi connectivity index (χ4n) is 6.24. The topological polar surface area (TPSA) is 54.6 Å². The van der Waals surface area contributed by atoms with Crippen molar-refractivity contribution in [2.24, 2.45) is 12.0 Å². The average Bonchev–Trinajstić information content (AvgIpc) is 3.35. The summed E-state index contributed by atoms with van der Waals surface area (Å²) in [5.74, 6) is 0.788. The first kappa shape index (κ1) is 27.8. The molecule has 210 valence electrons. The minimum Gasteiger partial charge on any atom is -0.319 e. The van der Waals surface area contributed by atoms with E-state index >= 15 is 0 Å². The van der Waals surface area contributed by atoms with E-state index in [-0.39, 0.29) is 11.6 Å². The SMILES string of the molecule is Cc1c(N2C(=S)NC(=N[C@@H](c3ccc(Cl)cc3)c3cccc(Cl)c3)C23CCCCC3)c(=O)n(-c2ccccc2)n1C. The molecule has 1 atom stereocenters. The molecule has 6 rings (SSSR count). The van der Waals surface area contributed by atoms with Crippen LogP contribution in [0.1, 0.15) is 55.0 Å². The van der Waals surface area contributed by atoms with Gasteiger partial charge in [0, 0.05) is 17.1 Å². The number of aromatic nitrogens is 2. The molecule has 0 bridgehead atoms. The highest BCUT2D eigenvalue weighted by Crippen LogP contribution is 2.42. The lowest BCUT2D eigenvalue weighted by Gasteiger charge is -2.40. The number of amidine groups is 1. The van der Waals surface area contributed by atoms with E-state index in [1.807, 2.05) is 97.5 Å². The van der Waals surface area contributed by atoms with Crippen LogP contribution in [0, 0.1) is 6.92 Å². The summed E-state index contributed by atoms with van der Waals surface area (Å²) in [7, 11) is 1.91. The fraction of sp³-hybridized carbons (Fsp3) is 0.281. The molecule has 3 aromatic carbocycles. The van der Waals surface area contributed by atoms with Gasteiger partial charge in [0.25, 0.3) is 5.56 Å². The second-order valence-electron chi connectivity index (χ2n) is 10.8. The number of benzene rings is 3. The lowest BCUT2D eigenvalue weighted by Crippen LogP contribution is -2.53. The van der Waals surface area contributed by atoms with Crippen LogP contribution in [0.3, 0.4) is 0 Å². The Morgan fingerprint density at radius 3 is 2.29 bits per heavy atom. The van der Waals surface area contributed by atoms with Crippen molar-refractivity contribution in [1.29, 1.82) is 0 Å². The van der Waals surface area contributed by atoms with Crippen LogP contribution < -0.4 is 15.8 Å². The molecule has 0 amide bonds. The van der Waals surface area contributed by atoms with Crippen LogP contribution in [0.25, 0.3) is 5.69 Å². The highest BCUT2D eigenvalue weighted by molar-refractivity contribution is 7.80. The number of rotatable bonds is 5. The Balaban J connectivity index is 1.53. The fourth-order valence-corrected chi connectivity index (χ4v) is 6.93. The molecule has 1 N–H and O–H groups in total. The second kappa shape index (κ2) is 11.1. The highest BCUT2D eigenvalue weighted by Gasteiger charge is 2.52. The number of nitrogens with one attached hydrogen (secondary N) is 1. The Bertz CT molecular complexity index is 1690. The van der Waals surface area contributed by atoms with E-state index in [0.717, 1.165) is 60.4 Å². The molecule has 1 spiro atoms. The molecule has 2 aliphatic rings. The Morgan fingerprint density at radius 2 is 1.61 bits per heavy atom. The van der Waals surface area contributed by atoms with Gasteiger partial charge in [0.05, 0.1) is 11.4 Å². The minimum absolute atomic E-state index is 0.101. The largest absolute Gasteiger partial charge is 0.319 e. The predicted octanol–water partition coefficient (Wildman–Crippen LogP) is 7.38. The van der Waals surface area contributed by atoms with E-state index in [1.165, 1.54) is 0 Å². The van der Waals surface area contributed by atoms with Crippen LogP contribution in [0.15, 0.2) is 88.6 Å². The van der Waals surface area contributed by atoms with Crippen molar-refractivity contribution < 1.29 is 0 Å². The quantitative estimate of drug-likeness (QED) is 0.242. The standard InChI is InChI=1S/C32H31Cl2N5OS/c1-21-28(29(40)39(37(21)2)26-12-5-3-6-13-26)38-31(41)36-30(32(38)18-7-4-8-19-32)35-27(22-14-16-24(33)17-15-22)23-10-9-11-25(34)20-23/h3,5-6,9-17,20,27H,4,7-8,18-19H2,1-2H3,(H,35,36,41)/t27-/m0/s1. The summed E-state index contributed by atoms with van der Waals surface area (Å²) >= 11 is 18.7. The monoisotopic (exact) mass is 603 g/mol. The van der Waals surface area contributed by atoms with E-state index in [1.54, 1.807) is 4.68 Å². The van der Waals surface area contributed by atoms with Crippen LogP contribution >= 0.6 is 35.4 Å². The number of nitrogens with zero attached hydrogens (tertiary/aromatic N) is 4. The zero-order chi connectivity index (χ0) is 28.7. The zero-order valence-electron chi connectivity index (χ0n) is 23.0. The number of para-hydroxylation sites is 1. The summed E-state index contributed by atoms with van der Waals surface area (Å²) in [5, 5.41) is 5.28. The molecule has 2 fully saturated rings. The Morgan fingerprint density at radius 1 is 0.902 bits per heavy atom. The van der Waals surface area contributed by atoms with Crippen LogP contribution in [0.4, 0.5) is 5.69 Å². The molecule has 6 nitrogen and oxygen atoms in total. The zero-order valence-corrected chi connectivity index (χ0v) is 25.3. The third-order valence-corrected chi connectivity index (χ3v) is 9.11. The molecule has 0 unspecified atom stereocenters. The van der Waals surface area contributed by atoms with Crippen LogP contribution in [0.2, 0.25) is 10.0 Å². The summed E-state index contributed by atoms with van der Waals surface area (Å²) in [6.07, 6.45) is 4.83. The molecule has 1 aromatic heterocycles. The van der Waals surface area contributed by atoms with Gasteiger partial charge in [-0.3, -0.25) is 19.4 Å². The van der Waals surface area contributed by atoms with E-state index in [0.29, 0.717) is 20.8 Å². The molecule has 9 heteroatoms. The van der Waals surface area contributed by atoms with Crippen LogP contribution in [-0.2, 0) is 7.05 Å². The van der Waals surface area contributed by atoms with Gasteiger partial charge in [-0.2, -0.15) is 0 Å². The summed E-state index contributed by atoms with van der Waals surface area (Å²) in [5.41, 5.74) is 3.54. The van der Waals surface area contributed by atoms with Gasteiger partial charge in [0.15, 0.2) is 5.11 Å². The molecular weight excluding hydrogens is 573 g/mol. The van der Waals surface area contributed by atoms with Crippen molar-refractivity contribution in [3.8, 4) is 5.69 Å². The summed E-state index contributed by atoms with van der Waals surface area (Å²) in [4.78, 5) is 21.6. The van der Waals surface area contributed by atoms with Crippen LogP contribution in [-0.4, -0.2) is 25.9 Å². The molecule has 2 heterocycles. The summed E-state index contributed by atoms with van der Waals surface area (Å²) in [6.45, 7) is 1.98. The Kier molecular flexibility index (Phi) is 7.53. The summed E-state index contributed by atoms with van der Waals surface area (Å²) in [6, 6.07) is 24.9. The molecule has 1 saturated carbocycles. The van der Waals surface area contributed by atoms with E-state index in [4.69, 9.17) is 40.4 Å².